The molecule has 1 aliphatic rings. The molecule has 1 fully saturated rings. The molecule has 21 heavy (non-hydrogen) atoms. The summed E-state index contributed by atoms with van der Waals surface area (Å²) in [6.07, 6.45) is 3.73. The molecule has 4 heteroatoms. The van der Waals surface area contributed by atoms with Crippen LogP contribution in [-0.4, -0.2) is 48.4 Å². The Morgan fingerprint density at radius 2 is 1.90 bits per heavy atom. The molecule has 0 spiro atoms. The van der Waals surface area contributed by atoms with Crippen molar-refractivity contribution in [3.05, 3.63) is 35.1 Å². The summed E-state index contributed by atoms with van der Waals surface area (Å²) in [7, 11) is 0. The number of carbonyl (C=O) groups excluding carboxylic acids is 1. The first kappa shape index (κ1) is 16.0. The highest BCUT2D eigenvalue weighted by atomic mass is 19.1. The average molecular weight is 292 g/mol. The Hall–Kier alpha value is -1.42. The van der Waals surface area contributed by atoms with E-state index in [0.29, 0.717) is 11.1 Å². The van der Waals surface area contributed by atoms with Gasteiger partial charge < -0.3 is 4.90 Å². The van der Waals surface area contributed by atoms with Crippen molar-refractivity contribution in [3.8, 4) is 0 Å². The van der Waals surface area contributed by atoms with E-state index in [4.69, 9.17) is 0 Å². The fourth-order valence-corrected chi connectivity index (χ4v) is 2.67. The highest BCUT2D eigenvalue weighted by molar-refractivity contribution is 5.94. The maximum absolute atomic E-state index is 13.6. The van der Waals surface area contributed by atoms with Gasteiger partial charge in [0.25, 0.3) is 5.91 Å². The maximum Gasteiger partial charge on any atom is 0.254 e. The molecule has 0 unspecified atom stereocenters. The van der Waals surface area contributed by atoms with Crippen LogP contribution in [0, 0.1) is 12.7 Å². The highest BCUT2D eigenvalue weighted by Gasteiger charge is 2.22. The number of unbranched alkanes of at least 4 members (excludes halogenated alkanes) is 2. The molecule has 1 heterocycles. The van der Waals surface area contributed by atoms with Gasteiger partial charge in [0.1, 0.15) is 5.82 Å². The minimum atomic E-state index is -0.306. The number of benzene rings is 1. The predicted octanol–water partition coefficient (Wildman–Crippen LogP) is 3.08. The second-order valence-corrected chi connectivity index (χ2v) is 5.80. The van der Waals surface area contributed by atoms with Gasteiger partial charge in [0.15, 0.2) is 0 Å². The number of piperazine rings is 1. The van der Waals surface area contributed by atoms with Crippen molar-refractivity contribution in [2.24, 2.45) is 0 Å². The van der Waals surface area contributed by atoms with Crippen LogP contribution < -0.4 is 0 Å². The van der Waals surface area contributed by atoms with Gasteiger partial charge in [-0.3, -0.25) is 9.69 Å². The van der Waals surface area contributed by atoms with E-state index >= 15 is 0 Å². The van der Waals surface area contributed by atoms with Crippen molar-refractivity contribution < 1.29 is 9.18 Å². The van der Waals surface area contributed by atoms with Crippen LogP contribution in [0.3, 0.4) is 0 Å². The van der Waals surface area contributed by atoms with Gasteiger partial charge in [-0.15, -0.1) is 0 Å². The fraction of sp³-hybridized carbons (Fsp3) is 0.588. The van der Waals surface area contributed by atoms with Gasteiger partial charge in [0, 0.05) is 31.7 Å². The summed E-state index contributed by atoms with van der Waals surface area (Å²) in [5.41, 5.74) is 1.03. The Kier molecular flexibility index (Phi) is 5.74. The third-order valence-electron chi connectivity index (χ3n) is 4.16. The van der Waals surface area contributed by atoms with Crippen LogP contribution in [0.15, 0.2) is 18.2 Å². The van der Waals surface area contributed by atoms with Gasteiger partial charge in [-0.2, -0.15) is 0 Å². The zero-order chi connectivity index (χ0) is 15.2. The molecular formula is C17H25FN2O. The lowest BCUT2D eigenvalue weighted by Gasteiger charge is -2.34. The first-order valence-electron chi connectivity index (χ1n) is 7.89. The molecule has 0 bridgehead atoms. The van der Waals surface area contributed by atoms with E-state index in [0.717, 1.165) is 32.7 Å². The molecule has 116 valence electrons. The van der Waals surface area contributed by atoms with Crippen LogP contribution in [0.2, 0.25) is 0 Å². The number of hydrogen-bond acceptors (Lipinski definition) is 2. The third kappa shape index (κ3) is 4.27. The van der Waals surface area contributed by atoms with Crippen molar-refractivity contribution in [2.75, 3.05) is 32.7 Å². The van der Waals surface area contributed by atoms with Gasteiger partial charge in [0.05, 0.1) is 0 Å². The summed E-state index contributed by atoms with van der Waals surface area (Å²) in [5, 5.41) is 0. The lowest BCUT2D eigenvalue weighted by Crippen LogP contribution is -2.48. The van der Waals surface area contributed by atoms with E-state index < -0.39 is 0 Å². The molecule has 0 aliphatic carbocycles. The minimum Gasteiger partial charge on any atom is -0.336 e. The SMILES string of the molecule is CCCCCN1CCN(C(=O)c2ccc(C)c(F)c2)CC1. The molecule has 1 aromatic rings. The zero-order valence-electron chi connectivity index (χ0n) is 13.1. The Morgan fingerprint density at radius 3 is 2.52 bits per heavy atom. The number of halogens is 1. The molecule has 0 aromatic heterocycles. The maximum atomic E-state index is 13.6. The molecule has 1 aromatic carbocycles. The van der Waals surface area contributed by atoms with E-state index in [1.807, 2.05) is 4.90 Å². The normalized spacial score (nSPS) is 16.2. The summed E-state index contributed by atoms with van der Waals surface area (Å²) in [5.74, 6) is -0.360. The Labute approximate surface area is 126 Å². The summed E-state index contributed by atoms with van der Waals surface area (Å²) < 4.78 is 13.6. The number of amides is 1. The number of hydrogen-bond donors (Lipinski definition) is 0. The molecule has 2 rings (SSSR count). The summed E-state index contributed by atoms with van der Waals surface area (Å²) >= 11 is 0. The van der Waals surface area contributed by atoms with E-state index in [-0.39, 0.29) is 11.7 Å². The molecular weight excluding hydrogens is 267 g/mol. The summed E-state index contributed by atoms with van der Waals surface area (Å²) in [4.78, 5) is 16.6. The van der Waals surface area contributed by atoms with Gasteiger partial charge in [-0.25, -0.2) is 4.39 Å². The predicted molar refractivity (Wildman–Crippen MR) is 83.0 cm³/mol. The number of rotatable bonds is 5. The van der Waals surface area contributed by atoms with Crippen molar-refractivity contribution >= 4 is 5.91 Å². The van der Waals surface area contributed by atoms with Crippen molar-refractivity contribution in [3.63, 3.8) is 0 Å². The molecule has 1 amide bonds. The highest BCUT2D eigenvalue weighted by Crippen LogP contribution is 2.13. The largest absolute Gasteiger partial charge is 0.336 e. The van der Waals surface area contributed by atoms with Crippen LogP contribution in [0.5, 0.6) is 0 Å². The van der Waals surface area contributed by atoms with Gasteiger partial charge in [0.2, 0.25) is 0 Å². The van der Waals surface area contributed by atoms with Crippen LogP contribution in [0.25, 0.3) is 0 Å². The van der Waals surface area contributed by atoms with Crippen molar-refractivity contribution in [1.29, 1.82) is 0 Å². The number of nitrogens with zero attached hydrogens (tertiary/aromatic N) is 2. The topological polar surface area (TPSA) is 23.6 Å². The summed E-state index contributed by atoms with van der Waals surface area (Å²) in [6, 6.07) is 4.74. The van der Waals surface area contributed by atoms with E-state index in [9.17, 15) is 9.18 Å². The summed E-state index contributed by atoms with van der Waals surface area (Å²) in [6.45, 7) is 8.35. The number of carbonyl (C=O) groups is 1. The van der Waals surface area contributed by atoms with Crippen LogP contribution in [0.4, 0.5) is 4.39 Å². The minimum absolute atomic E-state index is 0.0536. The molecule has 1 aliphatic heterocycles. The van der Waals surface area contributed by atoms with Gasteiger partial charge >= 0.3 is 0 Å². The quantitative estimate of drug-likeness (QED) is 0.779. The van der Waals surface area contributed by atoms with Crippen LogP contribution >= 0.6 is 0 Å². The second-order valence-electron chi connectivity index (χ2n) is 5.80. The zero-order valence-corrected chi connectivity index (χ0v) is 13.1. The second kappa shape index (κ2) is 7.55. The van der Waals surface area contributed by atoms with Crippen LogP contribution in [-0.2, 0) is 0 Å². The van der Waals surface area contributed by atoms with Crippen molar-refractivity contribution in [1.82, 2.24) is 9.80 Å². The standard InChI is InChI=1S/C17H25FN2O/c1-3-4-5-8-19-9-11-20(12-10-19)17(21)15-7-6-14(2)16(18)13-15/h6-7,13H,3-5,8-12H2,1-2H3. The first-order valence-corrected chi connectivity index (χ1v) is 7.89. The molecule has 0 saturated carbocycles. The van der Waals surface area contributed by atoms with Gasteiger partial charge in [-0.1, -0.05) is 25.8 Å². The Balaban J connectivity index is 1.86. The van der Waals surface area contributed by atoms with E-state index in [1.54, 1.807) is 19.1 Å². The number of aryl methyl sites for hydroxylation is 1. The fourth-order valence-electron chi connectivity index (χ4n) is 2.67. The van der Waals surface area contributed by atoms with E-state index in [2.05, 4.69) is 11.8 Å². The molecule has 3 nitrogen and oxygen atoms in total. The lowest BCUT2D eigenvalue weighted by molar-refractivity contribution is 0.0635. The Bertz CT molecular complexity index is 482. The third-order valence-corrected chi connectivity index (χ3v) is 4.16. The van der Waals surface area contributed by atoms with Gasteiger partial charge in [-0.05, 0) is 37.6 Å². The molecule has 0 radical (unpaired) electrons. The average Bonchev–Trinajstić information content (AvgIpc) is 2.50. The molecule has 1 saturated heterocycles. The smallest absolute Gasteiger partial charge is 0.254 e. The first-order chi connectivity index (χ1) is 10.1. The molecule has 0 N–H and O–H groups in total. The monoisotopic (exact) mass is 292 g/mol. The van der Waals surface area contributed by atoms with E-state index in [1.165, 1.54) is 25.3 Å². The van der Waals surface area contributed by atoms with Crippen molar-refractivity contribution in [2.45, 2.75) is 33.1 Å². The lowest BCUT2D eigenvalue weighted by atomic mass is 10.1. The molecule has 0 atom stereocenters. The van der Waals surface area contributed by atoms with Crippen LogP contribution in [0.1, 0.15) is 42.1 Å². The Morgan fingerprint density at radius 1 is 1.19 bits per heavy atom.